The Balaban J connectivity index is 2.15. The fourth-order valence-corrected chi connectivity index (χ4v) is 1.90. The van der Waals surface area contributed by atoms with Crippen molar-refractivity contribution in [3.63, 3.8) is 0 Å². The molecule has 0 radical (unpaired) electrons. The van der Waals surface area contributed by atoms with Crippen LogP contribution in [0.3, 0.4) is 0 Å². The third-order valence-electron chi connectivity index (χ3n) is 3.07. The predicted molar refractivity (Wildman–Crippen MR) is 62.1 cm³/mol. The molecule has 1 aromatic rings. The molecule has 19 heavy (non-hydrogen) atoms. The van der Waals surface area contributed by atoms with Crippen LogP contribution in [-0.4, -0.2) is 40.7 Å². The van der Waals surface area contributed by atoms with E-state index in [1.807, 2.05) is 0 Å². The fourth-order valence-electron chi connectivity index (χ4n) is 1.90. The number of ether oxygens (including phenoxy) is 1. The lowest BCUT2D eigenvalue weighted by molar-refractivity contribution is -0.148. The van der Waals surface area contributed by atoms with Crippen LogP contribution >= 0.6 is 0 Å². The van der Waals surface area contributed by atoms with Gasteiger partial charge in [0.25, 0.3) is 5.91 Å². The van der Waals surface area contributed by atoms with Gasteiger partial charge in [-0.05, 0) is 12.1 Å². The molecular formula is C12H13FN2O4. The summed E-state index contributed by atoms with van der Waals surface area (Å²) in [6.45, 7) is 0.535. The molecule has 1 aliphatic rings. The molecule has 0 spiro atoms. The summed E-state index contributed by atoms with van der Waals surface area (Å²) in [6, 6.07) is 2.30. The Labute approximate surface area is 108 Å². The Morgan fingerprint density at radius 3 is 2.58 bits per heavy atom. The number of halogens is 1. The van der Waals surface area contributed by atoms with Gasteiger partial charge in [-0.15, -0.1) is 0 Å². The minimum atomic E-state index is -1.34. The van der Waals surface area contributed by atoms with Gasteiger partial charge in [0.15, 0.2) is 0 Å². The fraction of sp³-hybridized carbons (Fsp3) is 0.417. The topological polar surface area (TPSA) is 88.5 Å². The summed E-state index contributed by atoms with van der Waals surface area (Å²) in [6.07, 6.45) is 1.29. The van der Waals surface area contributed by atoms with E-state index in [0.717, 1.165) is 12.3 Å². The molecule has 1 saturated heterocycles. The number of nitrogens with one attached hydrogen (secondary N) is 1. The standard InChI is InChI=1S/C12H13FN2O4/c13-8-1-2-9(14-7-8)10(16)15-12(11(17)18)3-5-19-6-4-12/h1-2,7H,3-6H2,(H,15,16)(H,17,18). The van der Waals surface area contributed by atoms with Crippen LogP contribution < -0.4 is 5.32 Å². The normalized spacial score (nSPS) is 17.7. The highest BCUT2D eigenvalue weighted by Gasteiger charge is 2.41. The van der Waals surface area contributed by atoms with Crippen LogP contribution in [0.15, 0.2) is 18.3 Å². The van der Waals surface area contributed by atoms with Gasteiger partial charge in [0.05, 0.1) is 6.20 Å². The number of carboxylic acid groups (broad SMARTS) is 1. The Morgan fingerprint density at radius 1 is 1.37 bits per heavy atom. The molecule has 1 fully saturated rings. The largest absolute Gasteiger partial charge is 0.480 e. The zero-order valence-corrected chi connectivity index (χ0v) is 10.1. The van der Waals surface area contributed by atoms with Crippen molar-refractivity contribution in [2.75, 3.05) is 13.2 Å². The van der Waals surface area contributed by atoms with Gasteiger partial charge in [-0.2, -0.15) is 0 Å². The number of pyridine rings is 1. The molecule has 0 aliphatic carbocycles. The number of nitrogens with zero attached hydrogens (tertiary/aromatic N) is 1. The van der Waals surface area contributed by atoms with Crippen molar-refractivity contribution in [2.24, 2.45) is 0 Å². The Hall–Kier alpha value is -2.02. The summed E-state index contributed by atoms with van der Waals surface area (Å²) >= 11 is 0. The van der Waals surface area contributed by atoms with Crippen LogP contribution in [0.4, 0.5) is 4.39 Å². The number of amides is 1. The van der Waals surface area contributed by atoms with Gasteiger partial charge < -0.3 is 15.2 Å². The number of carboxylic acids is 1. The highest BCUT2D eigenvalue weighted by molar-refractivity contribution is 5.96. The van der Waals surface area contributed by atoms with E-state index in [-0.39, 0.29) is 31.7 Å². The molecule has 0 bridgehead atoms. The van der Waals surface area contributed by atoms with Gasteiger partial charge in [0.1, 0.15) is 17.1 Å². The van der Waals surface area contributed by atoms with Crippen molar-refractivity contribution in [2.45, 2.75) is 18.4 Å². The Morgan fingerprint density at radius 2 is 2.05 bits per heavy atom. The number of aromatic nitrogens is 1. The molecule has 2 rings (SSSR count). The van der Waals surface area contributed by atoms with Crippen molar-refractivity contribution >= 4 is 11.9 Å². The van der Waals surface area contributed by atoms with Gasteiger partial charge in [0.2, 0.25) is 0 Å². The van der Waals surface area contributed by atoms with E-state index in [1.165, 1.54) is 6.07 Å². The maximum atomic E-state index is 12.7. The van der Waals surface area contributed by atoms with E-state index < -0.39 is 23.2 Å². The number of rotatable bonds is 3. The molecule has 2 heterocycles. The maximum absolute atomic E-state index is 12.7. The van der Waals surface area contributed by atoms with Crippen molar-refractivity contribution in [1.82, 2.24) is 10.3 Å². The first-order valence-corrected chi connectivity index (χ1v) is 5.79. The third kappa shape index (κ3) is 2.87. The smallest absolute Gasteiger partial charge is 0.329 e. The van der Waals surface area contributed by atoms with Gasteiger partial charge in [-0.3, -0.25) is 4.79 Å². The number of hydrogen-bond acceptors (Lipinski definition) is 4. The van der Waals surface area contributed by atoms with E-state index in [4.69, 9.17) is 4.74 Å². The number of carbonyl (C=O) groups excluding carboxylic acids is 1. The second kappa shape index (κ2) is 5.31. The zero-order valence-electron chi connectivity index (χ0n) is 10.1. The molecule has 0 atom stereocenters. The highest BCUT2D eigenvalue weighted by Crippen LogP contribution is 2.21. The van der Waals surface area contributed by atoms with Gasteiger partial charge in [-0.1, -0.05) is 0 Å². The van der Waals surface area contributed by atoms with Crippen LogP contribution in [0.25, 0.3) is 0 Å². The summed E-state index contributed by atoms with van der Waals surface area (Å²) < 4.78 is 17.8. The Bertz CT molecular complexity index is 483. The zero-order chi connectivity index (χ0) is 13.9. The summed E-state index contributed by atoms with van der Waals surface area (Å²) in [5, 5.41) is 11.7. The molecule has 1 aromatic heterocycles. The summed E-state index contributed by atoms with van der Waals surface area (Å²) in [5.74, 6) is -2.30. The second-order valence-electron chi connectivity index (χ2n) is 4.32. The number of aliphatic carboxylic acids is 1. The molecular weight excluding hydrogens is 255 g/mol. The predicted octanol–water partition coefficient (Wildman–Crippen LogP) is 0.584. The third-order valence-corrected chi connectivity index (χ3v) is 3.07. The van der Waals surface area contributed by atoms with Crippen LogP contribution in [0, 0.1) is 5.82 Å². The maximum Gasteiger partial charge on any atom is 0.329 e. The Kier molecular flexibility index (Phi) is 3.75. The van der Waals surface area contributed by atoms with Crippen molar-refractivity contribution in [3.8, 4) is 0 Å². The first kappa shape index (κ1) is 13.4. The average molecular weight is 268 g/mol. The van der Waals surface area contributed by atoms with E-state index in [9.17, 15) is 19.1 Å². The first-order valence-electron chi connectivity index (χ1n) is 5.79. The number of carbonyl (C=O) groups is 2. The summed E-state index contributed by atoms with van der Waals surface area (Å²) in [4.78, 5) is 26.9. The summed E-state index contributed by atoms with van der Waals surface area (Å²) in [5.41, 5.74) is -1.36. The second-order valence-corrected chi connectivity index (χ2v) is 4.32. The van der Waals surface area contributed by atoms with E-state index in [2.05, 4.69) is 10.3 Å². The van der Waals surface area contributed by atoms with Crippen LogP contribution in [0.2, 0.25) is 0 Å². The van der Waals surface area contributed by atoms with Crippen molar-refractivity contribution < 1.29 is 23.8 Å². The first-order chi connectivity index (χ1) is 9.03. The minimum Gasteiger partial charge on any atom is -0.480 e. The van der Waals surface area contributed by atoms with E-state index >= 15 is 0 Å². The molecule has 102 valence electrons. The van der Waals surface area contributed by atoms with Crippen LogP contribution in [-0.2, 0) is 9.53 Å². The van der Waals surface area contributed by atoms with E-state index in [1.54, 1.807) is 0 Å². The molecule has 1 aliphatic heterocycles. The lowest BCUT2D eigenvalue weighted by Gasteiger charge is -2.33. The van der Waals surface area contributed by atoms with Crippen LogP contribution in [0.5, 0.6) is 0 Å². The minimum absolute atomic E-state index is 0.0199. The quantitative estimate of drug-likeness (QED) is 0.837. The number of hydrogen-bond donors (Lipinski definition) is 2. The molecule has 0 saturated carbocycles. The molecule has 6 nitrogen and oxygen atoms in total. The lowest BCUT2D eigenvalue weighted by atomic mass is 9.90. The highest BCUT2D eigenvalue weighted by atomic mass is 19.1. The lowest BCUT2D eigenvalue weighted by Crippen LogP contribution is -2.57. The SMILES string of the molecule is O=C(NC1(C(=O)O)CCOCC1)c1ccc(F)cn1. The molecule has 1 amide bonds. The summed E-state index contributed by atoms with van der Waals surface area (Å²) in [7, 11) is 0. The van der Waals surface area contributed by atoms with Gasteiger partial charge in [0, 0.05) is 26.1 Å². The van der Waals surface area contributed by atoms with E-state index in [0.29, 0.717) is 0 Å². The van der Waals surface area contributed by atoms with Crippen molar-refractivity contribution in [1.29, 1.82) is 0 Å². The van der Waals surface area contributed by atoms with Gasteiger partial charge >= 0.3 is 5.97 Å². The van der Waals surface area contributed by atoms with Crippen LogP contribution in [0.1, 0.15) is 23.3 Å². The van der Waals surface area contributed by atoms with Crippen molar-refractivity contribution in [3.05, 3.63) is 29.8 Å². The molecule has 0 unspecified atom stereocenters. The molecule has 0 aromatic carbocycles. The average Bonchev–Trinajstić information content (AvgIpc) is 2.40. The monoisotopic (exact) mass is 268 g/mol. The molecule has 2 N–H and O–H groups in total. The van der Waals surface area contributed by atoms with Gasteiger partial charge in [-0.25, -0.2) is 14.2 Å². The molecule has 7 heteroatoms.